The Morgan fingerprint density at radius 3 is 2.32 bits per heavy atom. The van der Waals surface area contributed by atoms with Crippen LogP contribution in [-0.2, 0) is 0 Å². The van der Waals surface area contributed by atoms with E-state index in [1.165, 1.54) is 12.1 Å². The highest BCUT2D eigenvalue weighted by atomic mass is 19.3. The minimum Gasteiger partial charge on any atom is -0.364 e. The first-order valence-corrected chi connectivity index (χ1v) is 7.87. The molecular weight excluding hydrogens is 326 g/mol. The summed E-state index contributed by atoms with van der Waals surface area (Å²) < 4.78 is 28.3. The van der Waals surface area contributed by atoms with Gasteiger partial charge in [-0.3, -0.25) is 4.79 Å². The number of hydrogen-bond acceptors (Lipinski definition) is 3. The molecule has 1 aliphatic heterocycles. The Hall–Kier alpha value is -2.60. The summed E-state index contributed by atoms with van der Waals surface area (Å²) in [5, 5.41) is 15.2. The number of aryl methyl sites for hydroxylation is 1. The number of benzene rings is 2. The molecule has 130 valence electrons. The molecule has 2 aromatic carbocycles. The van der Waals surface area contributed by atoms with E-state index in [4.69, 9.17) is 0 Å². The number of hydrogen-bond donors (Lipinski definition) is 1. The standard InChI is InChI=1S/C19H18F2N2O2/c1-13-8-10-15(11-9-13)17(24)23-19(25,18(2,20)21)12-16(22-23)14-6-4-3-5-7-14/h3-11,25H,12H2,1-2H3/t19-/m1/s1. The van der Waals surface area contributed by atoms with Crippen molar-refractivity contribution >= 4 is 11.6 Å². The van der Waals surface area contributed by atoms with Crippen LogP contribution in [0.5, 0.6) is 0 Å². The van der Waals surface area contributed by atoms with E-state index in [0.717, 1.165) is 5.56 Å². The van der Waals surface area contributed by atoms with Crippen LogP contribution in [0, 0.1) is 6.92 Å². The summed E-state index contributed by atoms with van der Waals surface area (Å²) in [4.78, 5) is 12.7. The zero-order valence-corrected chi connectivity index (χ0v) is 13.9. The van der Waals surface area contributed by atoms with Gasteiger partial charge in [0.25, 0.3) is 11.8 Å². The fourth-order valence-electron chi connectivity index (χ4n) is 2.71. The molecule has 0 aromatic heterocycles. The van der Waals surface area contributed by atoms with Gasteiger partial charge in [0.2, 0.25) is 5.72 Å². The molecule has 1 amide bonds. The van der Waals surface area contributed by atoms with Crippen LogP contribution >= 0.6 is 0 Å². The van der Waals surface area contributed by atoms with Crippen molar-refractivity contribution in [3.8, 4) is 0 Å². The molecule has 0 fully saturated rings. The van der Waals surface area contributed by atoms with Gasteiger partial charge in [0.15, 0.2) is 0 Å². The molecule has 6 heteroatoms. The minimum absolute atomic E-state index is 0.186. The maximum Gasteiger partial charge on any atom is 0.294 e. The van der Waals surface area contributed by atoms with E-state index in [0.29, 0.717) is 17.5 Å². The van der Waals surface area contributed by atoms with Gasteiger partial charge >= 0.3 is 0 Å². The zero-order chi connectivity index (χ0) is 18.2. The van der Waals surface area contributed by atoms with Crippen LogP contribution in [0.3, 0.4) is 0 Å². The molecular formula is C19H18F2N2O2. The monoisotopic (exact) mass is 344 g/mol. The van der Waals surface area contributed by atoms with Crippen LogP contribution in [-0.4, -0.2) is 33.4 Å². The molecule has 0 saturated carbocycles. The molecule has 1 N–H and O–H groups in total. The summed E-state index contributed by atoms with van der Waals surface area (Å²) in [6.45, 7) is 2.44. The number of rotatable bonds is 3. The normalized spacial score (nSPS) is 20.5. The second kappa shape index (κ2) is 6.04. The molecule has 0 spiro atoms. The average Bonchev–Trinajstić information content (AvgIpc) is 2.95. The topological polar surface area (TPSA) is 52.9 Å². The number of carbonyl (C=O) groups is 1. The van der Waals surface area contributed by atoms with Gasteiger partial charge in [-0.1, -0.05) is 48.0 Å². The maximum absolute atomic E-state index is 14.2. The molecule has 0 unspecified atom stereocenters. The van der Waals surface area contributed by atoms with Crippen molar-refractivity contribution in [3.05, 3.63) is 71.3 Å². The van der Waals surface area contributed by atoms with Crippen LogP contribution in [0.1, 0.15) is 34.8 Å². The lowest BCUT2D eigenvalue weighted by atomic mass is 9.96. The highest BCUT2D eigenvalue weighted by Gasteiger charge is 2.59. The van der Waals surface area contributed by atoms with Gasteiger partial charge in [0.1, 0.15) is 0 Å². The fourth-order valence-corrected chi connectivity index (χ4v) is 2.71. The summed E-state index contributed by atoms with van der Waals surface area (Å²) in [6, 6.07) is 15.1. The molecule has 0 bridgehead atoms. The first-order chi connectivity index (χ1) is 11.7. The Bertz CT molecular complexity index is 814. The summed E-state index contributed by atoms with van der Waals surface area (Å²) in [6.07, 6.45) is -0.446. The predicted octanol–water partition coefficient (Wildman–Crippen LogP) is 3.59. The summed E-state index contributed by atoms with van der Waals surface area (Å²) >= 11 is 0. The molecule has 0 saturated heterocycles. The van der Waals surface area contributed by atoms with E-state index < -0.39 is 24.0 Å². The first-order valence-electron chi connectivity index (χ1n) is 7.87. The van der Waals surface area contributed by atoms with Crippen LogP contribution < -0.4 is 0 Å². The van der Waals surface area contributed by atoms with E-state index >= 15 is 0 Å². The third-order valence-corrected chi connectivity index (χ3v) is 4.29. The van der Waals surface area contributed by atoms with Gasteiger partial charge < -0.3 is 5.11 Å². The Labute approximate surface area is 144 Å². The number of halogens is 2. The lowest BCUT2D eigenvalue weighted by molar-refractivity contribution is -0.222. The highest BCUT2D eigenvalue weighted by Crippen LogP contribution is 2.40. The maximum atomic E-state index is 14.2. The van der Waals surface area contributed by atoms with Crippen molar-refractivity contribution in [1.29, 1.82) is 0 Å². The lowest BCUT2D eigenvalue weighted by Gasteiger charge is -2.35. The van der Waals surface area contributed by atoms with Crippen LogP contribution in [0.25, 0.3) is 0 Å². The minimum atomic E-state index is -3.55. The molecule has 25 heavy (non-hydrogen) atoms. The third kappa shape index (κ3) is 3.05. The smallest absolute Gasteiger partial charge is 0.294 e. The largest absolute Gasteiger partial charge is 0.364 e. The van der Waals surface area contributed by atoms with Crippen molar-refractivity contribution < 1.29 is 18.7 Å². The Balaban J connectivity index is 2.04. The van der Waals surface area contributed by atoms with Gasteiger partial charge in [0, 0.05) is 18.9 Å². The predicted molar refractivity (Wildman–Crippen MR) is 90.5 cm³/mol. The number of aliphatic hydroxyl groups is 1. The van der Waals surface area contributed by atoms with Crippen molar-refractivity contribution in [2.45, 2.75) is 31.9 Å². The highest BCUT2D eigenvalue weighted by molar-refractivity contribution is 6.05. The van der Waals surface area contributed by atoms with Gasteiger partial charge in [-0.15, -0.1) is 0 Å². The van der Waals surface area contributed by atoms with Crippen molar-refractivity contribution in [2.75, 3.05) is 0 Å². The van der Waals surface area contributed by atoms with Crippen LogP contribution in [0.4, 0.5) is 8.78 Å². The Morgan fingerprint density at radius 2 is 1.76 bits per heavy atom. The number of hydrazone groups is 1. The van der Waals surface area contributed by atoms with E-state index in [-0.39, 0.29) is 11.3 Å². The molecule has 4 nitrogen and oxygen atoms in total. The number of nitrogens with zero attached hydrogens (tertiary/aromatic N) is 2. The van der Waals surface area contributed by atoms with Gasteiger partial charge in [-0.25, -0.2) is 8.78 Å². The zero-order valence-electron chi connectivity index (χ0n) is 13.9. The number of amides is 1. The molecule has 1 atom stereocenters. The number of alkyl halides is 2. The second-order valence-electron chi connectivity index (χ2n) is 6.28. The average molecular weight is 344 g/mol. The molecule has 2 aromatic rings. The van der Waals surface area contributed by atoms with Crippen molar-refractivity contribution in [1.82, 2.24) is 5.01 Å². The Kier molecular flexibility index (Phi) is 4.16. The van der Waals surface area contributed by atoms with Gasteiger partial charge in [0.05, 0.1) is 5.71 Å². The quantitative estimate of drug-likeness (QED) is 0.925. The fraction of sp³-hybridized carbons (Fsp3) is 0.263. The van der Waals surface area contributed by atoms with E-state index in [1.807, 2.05) is 6.92 Å². The first kappa shape index (κ1) is 17.2. The molecule has 0 radical (unpaired) electrons. The second-order valence-corrected chi connectivity index (χ2v) is 6.28. The Morgan fingerprint density at radius 1 is 1.16 bits per heavy atom. The number of carbonyl (C=O) groups excluding carboxylic acids is 1. The van der Waals surface area contributed by atoms with Gasteiger partial charge in [-0.05, 0) is 24.6 Å². The van der Waals surface area contributed by atoms with Crippen LogP contribution in [0.15, 0.2) is 59.7 Å². The van der Waals surface area contributed by atoms with E-state index in [9.17, 15) is 18.7 Å². The molecule has 1 heterocycles. The summed E-state index contributed by atoms with van der Waals surface area (Å²) in [5.41, 5.74) is -0.761. The third-order valence-electron chi connectivity index (χ3n) is 4.29. The summed E-state index contributed by atoms with van der Waals surface area (Å²) in [5.74, 6) is -4.32. The van der Waals surface area contributed by atoms with Crippen molar-refractivity contribution in [3.63, 3.8) is 0 Å². The van der Waals surface area contributed by atoms with E-state index in [2.05, 4.69) is 5.10 Å². The van der Waals surface area contributed by atoms with Crippen molar-refractivity contribution in [2.24, 2.45) is 5.10 Å². The van der Waals surface area contributed by atoms with Gasteiger partial charge in [-0.2, -0.15) is 10.1 Å². The lowest BCUT2D eigenvalue weighted by Crippen LogP contribution is -2.57. The van der Waals surface area contributed by atoms with Crippen LogP contribution in [0.2, 0.25) is 0 Å². The molecule has 0 aliphatic carbocycles. The SMILES string of the molecule is Cc1ccc(C(=O)N2N=C(c3ccccc3)C[C@@]2(O)C(C)(F)F)cc1. The molecule has 3 rings (SSSR count). The van der Waals surface area contributed by atoms with E-state index in [1.54, 1.807) is 42.5 Å². The molecule has 1 aliphatic rings. The summed E-state index contributed by atoms with van der Waals surface area (Å²) in [7, 11) is 0.